The summed E-state index contributed by atoms with van der Waals surface area (Å²) >= 11 is 0. The van der Waals surface area contributed by atoms with E-state index in [-0.39, 0.29) is 5.41 Å². The Morgan fingerprint density at radius 1 is 0.816 bits per heavy atom. The molecule has 192 valence electrons. The molecule has 0 unspecified atom stereocenters. The van der Waals surface area contributed by atoms with E-state index in [0.717, 1.165) is 68.0 Å². The van der Waals surface area contributed by atoms with Gasteiger partial charge in [-0.25, -0.2) is 4.98 Å². The van der Waals surface area contributed by atoms with Crippen LogP contribution in [-0.2, 0) is 11.8 Å². The summed E-state index contributed by atoms with van der Waals surface area (Å²) in [6.45, 7) is 15.4. The van der Waals surface area contributed by atoms with Crippen LogP contribution in [0.15, 0.2) is 75.6 Å². The van der Waals surface area contributed by atoms with E-state index in [1.165, 1.54) is 16.3 Å². The molecule has 38 heavy (non-hydrogen) atoms. The van der Waals surface area contributed by atoms with E-state index in [4.69, 9.17) is 13.8 Å². The van der Waals surface area contributed by atoms with Crippen molar-refractivity contribution in [2.75, 3.05) is 0 Å². The number of rotatable bonds is 4. The van der Waals surface area contributed by atoms with Crippen molar-refractivity contribution in [3.63, 3.8) is 0 Å². The first kappa shape index (κ1) is 24.5. The molecule has 6 rings (SSSR count). The van der Waals surface area contributed by atoms with Crippen LogP contribution in [0.5, 0.6) is 0 Å². The first-order valence-electron chi connectivity index (χ1n) is 13.6. The summed E-state index contributed by atoms with van der Waals surface area (Å²) in [5, 5.41) is 3.65. The molecule has 6 aromatic rings. The number of nitrogens with zero attached hydrogens (tertiary/aromatic N) is 1. The lowest BCUT2D eigenvalue weighted by Crippen LogP contribution is -2.12. The minimum absolute atomic E-state index is 0.00269. The molecule has 0 aliphatic carbocycles. The van der Waals surface area contributed by atoms with Crippen LogP contribution in [0, 0.1) is 19.8 Å². The highest BCUT2D eigenvalue weighted by atomic mass is 16.3. The third-order valence-electron chi connectivity index (χ3n) is 7.57. The van der Waals surface area contributed by atoms with E-state index in [2.05, 4.69) is 108 Å². The second-order valence-corrected chi connectivity index (χ2v) is 12.1. The maximum Gasteiger partial charge on any atom is 0.160 e. The minimum atomic E-state index is 0.00269. The summed E-state index contributed by atoms with van der Waals surface area (Å²) in [5.74, 6) is 2.48. The molecule has 3 aromatic heterocycles. The predicted molar refractivity (Wildman–Crippen MR) is 159 cm³/mol. The Balaban J connectivity index is 1.59. The quantitative estimate of drug-likeness (QED) is 0.241. The second kappa shape index (κ2) is 8.87. The molecule has 0 saturated carbocycles. The molecule has 0 aliphatic rings. The number of furan rings is 2. The van der Waals surface area contributed by atoms with Crippen molar-refractivity contribution >= 4 is 32.8 Å². The summed E-state index contributed by atoms with van der Waals surface area (Å²) in [5.41, 5.74) is 9.24. The van der Waals surface area contributed by atoms with Gasteiger partial charge < -0.3 is 8.83 Å². The topological polar surface area (TPSA) is 39.2 Å². The summed E-state index contributed by atoms with van der Waals surface area (Å²) in [4.78, 5) is 5.16. The van der Waals surface area contributed by atoms with E-state index >= 15 is 0 Å². The molecular formula is C35H35NO2. The lowest BCUT2D eigenvalue weighted by Gasteiger charge is -2.23. The fraction of sp³-hybridized carbons (Fsp3) is 0.286. The van der Waals surface area contributed by atoms with Crippen LogP contribution in [-0.4, -0.2) is 4.98 Å². The van der Waals surface area contributed by atoms with Crippen LogP contribution in [0.4, 0.5) is 0 Å². The van der Waals surface area contributed by atoms with Crippen molar-refractivity contribution < 1.29 is 8.83 Å². The molecule has 3 heterocycles. The molecule has 0 amide bonds. The molecule has 0 fully saturated rings. The van der Waals surface area contributed by atoms with Gasteiger partial charge in [0.25, 0.3) is 0 Å². The number of pyridine rings is 1. The highest BCUT2D eigenvalue weighted by Crippen LogP contribution is 2.39. The summed E-state index contributed by atoms with van der Waals surface area (Å²) in [7, 11) is 0. The maximum absolute atomic E-state index is 6.30. The molecule has 3 aromatic carbocycles. The van der Waals surface area contributed by atoms with Gasteiger partial charge in [-0.05, 0) is 77.4 Å². The first-order chi connectivity index (χ1) is 18.1. The lowest BCUT2D eigenvalue weighted by atomic mass is 9.82. The van der Waals surface area contributed by atoms with Crippen LogP contribution in [0.1, 0.15) is 57.3 Å². The smallest absolute Gasteiger partial charge is 0.160 e. The highest BCUT2D eigenvalue weighted by Gasteiger charge is 2.21. The van der Waals surface area contributed by atoms with Crippen LogP contribution in [0.3, 0.4) is 0 Å². The average molecular weight is 502 g/mol. The number of fused-ring (bicyclic) bond motifs is 3. The van der Waals surface area contributed by atoms with Crippen molar-refractivity contribution in [1.29, 1.82) is 0 Å². The van der Waals surface area contributed by atoms with E-state index in [1.807, 2.05) is 6.92 Å². The monoisotopic (exact) mass is 501 g/mol. The maximum atomic E-state index is 6.30. The van der Waals surface area contributed by atoms with E-state index in [1.54, 1.807) is 0 Å². The molecule has 0 bridgehead atoms. The van der Waals surface area contributed by atoms with Gasteiger partial charge >= 0.3 is 0 Å². The molecule has 0 N–H and O–H groups in total. The molecule has 0 saturated heterocycles. The molecule has 0 spiro atoms. The average Bonchev–Trinajstić information content (AvgIpc) is 3.40. The standard InChI is InChI=1S/C35H35NO2/c1-20(2)14-27-16-25-13-12-24(18-32(25)38-27)29-19-31(36-33-21(3)22(4)37-34(29)33)26-15-23-10-8-9-11-28(23)30(17-26)35(5,6)7/h8-13,15-20H,14H2,1-7H3. The summed E-state index contributed by atoms with van der Waals surface area (Å²) < 4.78 is 12.6. The van der Waals surface area contributed by atoms with Gasteiger partial charge in [-0.15, -0.1) is 0 Å². The summed E-state index contributed by atoms with van der Waals surface area (Å²) in [6.07, 6.45) is 0.933. The first-order valence-corrected chi connectivity index (χ1v) is 13.6. The molecule has 3 nitrogen and oxygen atoms in total. The Labute approximate surface area is 224 Å². The van der Waals surface area contributed by atoms with Crippen molar-refractivity contribution in [1.82, 2.24) is 4.98 Å². The Hall–Kier alpha value is -3.85. The molecule has 0 atom stereocenters. The zero-order chi connectivity index (χ0) is 26.8. The molecule has 3 heteroatoms. The fourth-order valence-corrected chi connectivity index (χ4v) is 5.49. The number of hydrogen-bond acceptors (Lipinski definition) is 3. The van der Waals surface area contributed by atoms with Crippen molar-refractivity contribution in [2.45, 2.75) is 60.3 Å². The van der Waals surface area contributed by atoms with E-state index < -0.39 is 0 Å². The highest BCUT2D eigenvalue weighted by molar-refractivity contribution is 5.98. The second-order valence-electron chi connectivity index (χ2n) is 12.1. The van der Waals surface area contributed by atoms with Crippen LogP contribution in [0.2, 0.25) is 0 Å². The van der Waals surface area contributed by atoms with Crippen molar-refractivity contribution in [3.8, 4) is 22.4 Å². The predicted octanol–water partition coefficient (Wildman–Crippen LogP) is 10.2. The fourth-order valence-electron chi connectivity index (χ4n) is 5.49. The number of hydrogen-bond donors (Lipinski definition) is 0. The van der Waals surface area contributed by atoms with Gasteiger partial charge in [-0.2, -0.15) is 0 Å². The van der Waals surface area contributed by atoms with Gasteiger partial charge in [0, 0.05) is 28.5 Å². The Morgan fingerprint density at radius 3 is 2.37 bits per heavy atom. The Morgan fingerprint density at radius 2 is 1.61 bits per heavy atom. The van der Waals surface area contributed by atoms with Gasteiger partial charge in [0.05, 0.1) is 5.69 Å². The minimum Gasteiger partial charge on any atom is -0.461 e. The molecule has 0 aliphatic heterocycles. The third-order valence-corrected chi connectivity index (χ3v) is 7.57. The van der Waals surface area contributed by atoms with Crippen LogP contribution >= 0.6 is 0 Å². The van der Waals surface area contributed by atoms with Gasteiger partial charge in [0.1, 0.15) is 22.6 Å². The van der Waals surface area contributed by atoms with Crippen molar-refractivity contribution in [3.05, 3.63) is 89.4 Å². The van der Waals surface area contributed by atoms with Gasteiger partial charge in [-0.3, -0.25) is 0 Å². The SMILES string of the molecule is Cc1oc2c(-c3ccc4cc(CC(C)C)oc4c3)cc(-c3cc(C(C)(C)C)c4ccccc4c3)nc2c1C. The van der Waals surface area contributed by atoms with Gasteiger partial charge in [0.2, 0.25) is 0 Å². The van der Waals surface area contributed by atoms with Crippen molar-refractivity contribution in [2.24, 2.45) is 5.92 Å². The Bertz CT molecular complexity index is 1820. The number of aromatic nitrogens is 1. The summed E-state index contributed by atoms with van der Waals surface area (Å²) in [6, 6.07) is 24.0. The normalized spacial score (nSPS) is 12.4. The molecule has 0 radical (unpaired) electrons. The van der Waals surface area contributed by atoms with E-state index in [9.17, 15) is 0 Å². The van der Waals surface area contributed by atoms with Crippen LogP contribution in [0.25, 0.3) is 55.2 Å². The largest absolute Gasteiger partial charge is 0.461 e. The lowest BCUT2D eigenvalue weighted by molar-refractivity contribution is 0.500. The van der Waals surface area contributed by atoms with E-state index in [0.29, 0.717) is 5.92 Å². The zero-order valence-electron chi connectivity index (χ0n) is 23.4. The van der Waals surface area contributed by atoms with Gasteiger partial charge in [0.15, 0.2) is 5.58 Å². The number of aryl methyl sites for hydroxylation is 2. The molecular weight excluding hydrogens is 466 g/mol. The number of benzene rings is 3. The Kier molecular flexibility index (Phi) is 5.72. The van der Waals surface area contributed by atoms with Crippen LogP contribution < -0.4 is 0 Å². The van der Waals surface area contributed by atoms with Gasteiger partial charge in [-0.1, -0.05) is 71.0 Å². The third kappa shape index (κ3) is 4.20. The zero-order valence-corrected chi connectivity index (χ0v) is 23.4.